The van der Waals surface area contributed by atoms with Crippen LogP contribution in [0.4, 0.5) is 13.2 Å². The largest absolute Gasteiger partial charge is 0.435 e. The Morgan fingerprint density at radius 3 is 2.79 bits per heavy atom. The lowest BCUT2D eigenvalue weighted by Gasteiger charge is -2.01. The van der Waals surface area contributed by atoms with E-state index in [-0.39, 0.29) is 6.54 Å². The van der Waals surface area contributed by atoms with Crippen LogP contribution >= 0.6 is 0 Å². The van der Waals surface area contributed by atoms with Gasteiger partial charge in [0.2, 0.25) is 5.91 Å². The minimum Gasteiger partial charge on any atom is -0.358 e. The predicted molar refractivity (Wildman–Crippen MR) is 40.1 cm³/mol. The Kier molecular flexibility index (Phi) is 2.78. The van der Waals surface area contributed by atoms with Crippen molar-refractivity contribution in [2.45, 2.75) is 12.7 Å². The van der Waals surface area contributed by atoms with Gasteiger partial charge in [0.25, 0.3) is 0 Å². The van der Waals surface area contributed by atoms with Crippen LogP contribution in [-0.4, -0.2) is 22.7 Å². The number of carbonyl (C=O) groups is 1. The molecule has 1 amide bonds. The monoisotopic (exact) mass is 206 g/mol. The summed E-state index contributed by atoms with van der Waals surface area (Å²) in [6.45, 7) is -0.247. The SMILES string of the molecule is CNC(=O)Cn1c[c]c(C(F)(F)F)n1. The normalized spacial score (nSPS) is 11.4. The lowest BCUT2D eigenvalue weighted by atomic mass is 10.4. The number of alkyl halides is 3. The summed E-state index contributed by atoms with van der Waals surface area (Å²) >= 11 is 0. The Balaban J connectivity index is 2.74. The molecule has 1 rings (SSSR count). The molecule has 0 saturated carbocycles. The fraction of sp³-hybridized carbons (Fsp3) is 0.429. The molecule has 14 heavy (non-hydrogen) atoms. The van der Waals surface area contributed by atoms with Gasteiger partial charge < -0.3 is 5.32 Å². The number of hydrogen-bond acceptors (Lipinski definition) is 2. The van der Waals surface area contributed by atoms with Crippen LogP contribution in [-0.2, 0) is 17.5 Å². The van der Waals surface area contributed by atoms with Gasteiger partial charge in [-0.25, -0.2) is 0 Å². The topological polar surface area (TPSA) is 46.9 Å². The van der Waals surface area contributed by atoms with Gasteiger partial charge in [0.05, 0.1) is 0 Å². The molecule has 7 heteroatoms. The molecule has 0 spiro atoms. The van der Waals surface area contributed by atoms with Gasteiger partial charge in [-0.2, -0.15) is 18.3 Å². The molecule has 0 unspecified atom stereocenters. The molecule has 1 aromatic heterocycles. The van der Waals surface area contributed by atoms with Crippen LogP contribution in [0.15, 0.2) is 6.20 Å². The van der Waals surface area contributed by atoms with Gasteiger partial charge in [-0.3, -0.25) is 9.48 Å². The van der Waals surface area contributed by atoms with Crippen LogP contribution in [0, 0.1) is 6.07 Å². The van der Waals surface area contributed by atoms with E-state index in [2.05, 4.69) is 10.4 Å². The number of amides is 1. The molecule has 0 fully saturated rings. The number of halogens is 3. The molecule has 0 bridgehead atoms. The van der Waals surface area contributed by atoms with E-state index in [9.17, 15) is 18.0 Å². The first kappa shape index (κ1) is 10.6. The Morgan fingerprint density at radius 2 is 2.36 bits per heavy atom. The van der Waals surface area contributed by atoms with Gasteiger partial charge in [0.1, 0.15) is 6.54 Å². The van der Waals surface area contributed by atoms with Crippen LogP contribution in [0.3, 0.4) is 0 Å². The molecule has 77 valence electrons. The lowest BCUT2D eigenvalue weighted by molar-refractivity contribution is -0.142. The Labute approximate surface area is 77.7 Å². The molecule has 1 N–H and O–H groups in total. The quantitative estimate of drug-likeness (QED) is 0.763. The van der Waals surface area contributed by atoms with E-state index in [0.29, 0.717) is 0 Å². The van der Waals surface area contributed by atoms with Gasteiger partial charge in [-0.15, -0.1) is 0 Å². The summed E-state index contributed by atoms with van der Waals surface area (Å²) in [7, 11) is 1.39. The zero-order chi connectivity index (χ0) is 10.8. The second-order valence-corrected chi connectivity index (χ2v) is 2.49. The highest BCUT2D eigenvalue weighted by atomic mass is 19.4. The number of likely N-dealkylation sites (N-methyl/N-ethyl adjacent to an activating group) is 1. The van der Waals surface area contributed by atoms with E-state index in [0.717, 1.165) is 10.9 Å². The predicted octanol–water partition coefficient (Wildman–Crippen LogP) is 0.448. The summed E-state index contributed by atoms with van der Waals surface area (Å²) < 4.78 is 36.9. The maximum absolute atomic E-state index is 12.0. The maximum Gasteiger partial charge on any atom is 0.435 e. The zero-order valence-corrected chi connectivity index (χ0v) is 7.22. The second-order valence-electron chi connectivity index (χ2n) is 2.49. The van der Waals surface area contributed by atoms with Crippen molar-refractivity contribution in [2.75, 3.05) is 7.05 Å². The maximum atomic E-state index is 12.0. The Hall–Kier alpha value is -1.53. The molecule has 0 aliphatic heterocycles. The minimum absolute atomic E-state index is 0.247. The highest BCUT2D eigenvalue weighted by Gasteiger charge is 2.33. The van der Waals surface area contributed by atoms with Crippen molar-refractivity contribution >= 4 is 5.91 Å². The van der Waals surface area contributed by atoms with E-state index < -0.39 is 17.8 Å². The van der Waals surface area contributed by atoms with E-state index in [1.54, 1.807) is 0 Å². The van der Waals surface area contributed by atoms with Crippen molar-refractivity contribution in [3.8, 4) is 0 Å². The van der Waals surface area contributed by atoms with Crippen molar-refractivity contribution in [3.05, 3.63) is 18.0 Å². The third-order valence-electron chi connectivity index (χ3n) is 1.43. The highest BCUT2D eigenvalue weighted by molar-refractivity contribution is 5.75. The van der Waals surface area contributed by atoms with Crippen LogP contribution < -0.4 is 5.32 Å². The van der Waals surface area contributed by atoms with Crippen LogP contribution in [0.2, 0.25) is 0 Å². The Morgan fingerprint density at radius 1 is 1.71 bits per heavy atom. The average Bonchev–Trinajstić information content (AvgIpc) is 2.51. The number of nitrogens with one attached hydrogen (secondary N) is 1. The third kappa shape index (κ3) is 2.48. The first-order valence-electron chi connectivity index (χ1n) is 3.66. The first-order valence-corrected chi connectivity index (χ1v) is 3.66. The van der Waals surface area contributed by atoms with Gasteiger partial charge in [-0.1, -0.05) is 0 Å². The summed E-state index contributed by atoms with van der Waals surface area (Å²) in [6, 6.07) is 1.92. The zero-order valence-electron chi connectivity index (χ0n) is 7.22. The minimum atomic E-state index is -4.52. The lowest BCUT2D eigenvalue weighted by Crippen LogP contribution is -2.24. The molecule has 0 saturated heterocycles. The Bertz CT molecular complexity index is 331. The summed E-state index contributed by atoms with van der Waals surface area (Å²) in [6.07, 6.45) is -3.54. The van der Waals surface area contributed by atoms with Gasteiger partial charge in [0, 0.05) is 19.3 Å². The van der Waals surface area contributed by atoms with Crippen molar-refractivity contribution in [1.29, 1.82) is 0 Å². The molecule has 0 aromatic carbocycles. The molecule has 1 heterocycles. The smallest absolute Gasteiger partial charge is 0.358 e. The van der Waals surface area contributed by atoms with Crippen LogP contribution in [0.25, 0.3) is 0 Å². The first-order chi connectivity index (χ1) is 6.43. The van der Waals surface area contributed by atoms with Gasteiger partial charge in [0.15, 0.2) is 5.69 Å². The molecule has 0 atom stereocenters. The summed E-state index contributed by atoms with van der Waals surface area (Å²) in [4.78, 5) is 10.8. The van der Waals surface area contributed by atoms with E-state index in [4.69, 9.17) is 0 Å². The number of nitrogens with zero attached hydrogens (tertiary/aromatic N) is 2. The van der Waals surface area contributed by atoms with Crippen molar-refractivity contribution in [2.24, 2.45) is 0 Å². The van der Waals surface area contributed by atoms with Crippen LogP contribution in [0.5, 0.6) is 0 Å². The highest BCUT2D eigenvalue weighted by Crippen LogP contribution is 2.26. The molecule has 1 radical (unpaired) electrons. The summed E-state index contributed by atoms with van der Waals surface area (Å²) in [5, 5.41) is 5.41. The van der Waals surface area contributed by atoms with E-state index in [1.807, 2.05) is 6.07 Å². The standard InChI is InChI=1S/C7H7F3N3O/c1-11-6(14)4-13-3-2-5(12-13)7(8,9)10/h3H,4H2,1H3,(H,11,14). The van der Waals surface area contributed by atoms with Gasteiger partial charge in [-0.05, 0) is 0 Å². The second kappa shape index (κ2) is 3.69. The van der Waals surface area contributed by atoms with E-state index in [1.165, 1.54) is 7.05 Å². The van der Waals surface area contributed by atoms with Crippen molar-refractivity contribution < 1.29 is 18.0 Å². The van der Waals surface area contributed by atoms with Crippen LogP contribution in [0.1, 0.15) is 5.69 Å². The molecule has 0 aliphatic rings. The summed E-state index contributed by atoms with van der Waals surface area (Å²) in [5.74, 6) is -0.421. The number of rotatable bonds is 2. The molecular formula is C7H7F3N3O. The van der Waals surface area contributed by atoms with Crippen molar-refractivity contribution in [1.82, 2.24) is 15.1 Å². The average molecular weight is 206 g/mol. The van der Waals surface area contributed by atoms with Crippen molar-refractivity contribution in [3.63, 3.8) is 0 Å². The van der Waals surface area contributed by atoms with Gasteiger partial charge >= 0.3 is 6.18 Å². The molecule has 1 aromatic rings. The summed E-state index contributed by atoms with van der Waals surface area (Å²) in [5.41, 5.74) is -1.12. The number of aromatic nitrogens is 2. The fourth-order valence-electron chi connectivity index (χ4n) is 0.768. The molecule has 0 aliphatic carbocycles. The third-order valence-corrected chi connectivity index (χ3v) is 1.43. The van der Waals surface area contributed by atoms with E-state index >= 15 is 0 Å². The number of carbonyl (C=O) groups excluding carboxylic acids is 1. The molecular weight excluding hydrogens is 199 g/mol. The fourth-order valence-corrected chi connectivity index (χ4v) is 0.768. The molecule has 4 nitrogen and oxygen atoms in total. The number of hydrogen-bond donors (Lipinski definition) is 1.